The Morgan fingerprint density at radius 3 is 2.68 bits per heavy atom. The van der Waals surface area contributed by atoms with Crippen molar-refractivity contribution in [1.82, 2.24) is 4.72 Å². The molecule has 1 aromatic heterocycles. The first-order valence-electron chi connectivity index (χ1n) is 6.69. The molecule has 3 unspecified atom stereocenters. The van der Waals surface area contributed by atoms with Gasteiger partial charge in [-0.2, -0.15) is 0 Å². The van der Waals surface area contributed by atoms with Gasteiger partial charge in [-0.15, -0.1) is 0 Å². The van der Waals surface area contributed by atoms with Gasteiger partial charge in [-0.25, -0.2) is 13.1 Å². The Morgan fingerprint density at radius 1 is 1.42 bits per heavy atom. The Kier molecular flexibility index (Phi) is 4.32. The lowest BCUT2D eigenvalue weighted by atomic mass is 9.94. The molecular formula is C13H21NO4S. The van der Waals surface area contributed by atoms with E-state index >= 15 is 0 Å². The number of nitrogens with one attached hydrogen (secondary N) is 1. The SMILES string of the molecule is CCC1CCC(NS(=O)(=O)c2ccc(CO)o2)C1C. The summed E-state index contributed by atoms with van der Waals surface area (Å²) in [7, 11) is -3.63. The topological polar surface area (TPSA) is 79.5 Å². The summed E-state index contributed by atoms with van der Waals surface area (Å²) in [5, 5.41) is 8.78. The van der Waals surface area contributed by atoms with Gasteiger partial charge in [0.15, 0.2) is 0 Å². The van der Waals surface area contributed by atoms with E-state index in [2.05, 4.69) is 18.6 Å². The monoisotopic (exact) mass is 287 g/mol. The Morgan fingerprint density at radius 2 is 2.16 bits per heavy atom. The van der Waals surface area contributed by atoms with Gasteiger partial charge in [0, 0.05) is 6.04 Å². The van der Waals surface area contributed by atoms with Crippen molar-refractivity contribution in [3.05, 3.63) is 17.9 Å². The molecule has 6 heteroatoms. The molecule has 108 valence electrons. The van der Waals surface area contributed by atoms with Crippen molar-refractivity contribution in [1.29, 1.82) is 0 Å². The molecular weight excluding hydrogens is 266 g/mol. The van der Waals surface area contributed by atoms with Crippen molar-refractivity contribution in [2.75, 3.05) is 0 Å². The molecule has 0 aliphatic heterocycles. The minimum Gasteiger partial charge on any atom is -0.446 e. The molecule has 0 spiro atoms. The van der Waals surface area contributed by atoms with E-state index in [1.165, 1.54) is 12.1 Å². The molecule has 2 N–H and O–H groups in total. The first kappa shape index (κ1) is 14.6. The van der Waals surface area contributed by atoms with E-state index in [4.69, 9.17) is 9.52 Å². The van der Waals surface area contributed by atoms with E-state index in [0.717, 1.165) is 19.3 Å². The van der Waals surface area contributed by atoms with Crippen LogP contribution >= 0.6 is 0 Å². The fourth-order valence-electron chi connectivity index (χ4n) is 2.84. The summed E-state index contributed by atoms with van der Waals surface area (Å²) < 4.78 is 32.2. The number of hydrogen-bond acceptors (Lipinski definition) is 4. The van der Waals surface area contributed by atoms with E-state index in [-0.39, 0.29) is 23.5 Å². The van der Waals surface area contributed by atoms with Crippen molar-refractivity contribution < 1.29 is 17.9 Å². The van der Waals surface area contributed by atoms with Crippen molar-refractivity contribution in [3.63, 3.8) is 0 Å². The predicted molar refractivity (Wildman–Crippen MR) is 70.9 cm³/mol. The van der Waals surface area contributed by atoms with Gasteiger partial charge in [-0.05, 0) is 36.8 Å². The highest BCUT2D eigenvalue weighted by atomic mass is 32.2. The Labute approximate surface area is 114 Å². The Balaban J connectivity index is 2.09. The molecule has 0 bridgehead atoms. The van der Waals surface area contributed by atoms with E-state index in [0.29, 0.717) is 11.8 Å². The Bertz CT molecular complexity index is 523. The van der Waals surface area contributed by atoms with Crippen LogP contribution in [0.2, 0.25) is 0 Å². The van der Waals surface area contributed by atoms with Crippen LogP contribution < -0.4 is 4.72 Å². The molecule has 19 heavy (non-hydrogen) atoms. The summed E-state index contributed by atoms with van der Waals surface area (Å²) in [6.07, 6.45) is 3.01. The standard InChI is InChI=1S/C13H21NO4S/c1-3-10-4-6-12(9(10)2)14-19(16,17)13-7-5-11(8-15)18-13/h5,7,9-10,12,14-15H,3-4,6,8H2,1-2H3. The van der Waals surface area contributed by atoms with Crippen LogP contribution in [-0.4, -0.2) is 19.6 Å². The summed E-state index contributed by atoms with van der Waals surface area (Å²) in [6.45, 7) is 3.93. The number of furan rings is 1. The highest BCUT2D eigenvalue weighted by Crippen LogP contribution is 2.34. The first-order chi connectivity index (χ1) is 8.97. The maximum Gasteiger partial charge on any atom is 0.274 e. The van der Waals surface area contributed by atoms with E-state index in [1.54, 1.807) is 0 Å². The van der Waals surface area contributed by atoms with Gasteiger partial charge in [0.05, 0.1) is 0 Å². The summed E-state index contributed by atoms with van der Waals surface area (Å²) in [5.41, 5.74) is 0. The van der Waals surface area contributed by atoms with Gasteiger partial charge in [0.1, 0.15) is 12.4 Å². The largest absolute Gasteiger partial charge is 0.446 e. The summed E-state index contributed by atoms with van der Waals surface area (Å²) in [5.74, 6) is 1.18. The molecule has 5 nitrogen and oxygen atoms in total. The molecule has 2 rings (SSSR count). The smallest absolute Gasteiger partial charge is 0.274 e. The van der Waals surface area contributed by atoms with E-state index in [9.17, 15) is 8.42 Å². The minimum atomic E-state index is -3.63. The van der Waals surface area contributed by atoms with Gasteiger partial charge in [-0.1, -0.05) is 20.3 Å². The van der Waals surface area contributed by atoms with Crippen LogP contribution in [0.15, 0.2) is 21.6 Å². The maximum atomic E-state index is 12.2. The number of hydrogen-bond donors (Lipinski definition) is 2. The second kappa shape index (κ2) is 5.64. The van der Waals surface area contributed by atoms with Crippen LogP contribution in [0.4, 0.5) is 0 Å². The molecule has 1 saturated carbocycles. The van der Waals surface area contributed by atoms with Crippen molar-refractivity contribution in [3.8, 4) is 0 Å². The van der Waals surface area contributed by atoms with Crippen LogP contribution in [0, 0.1) is 11.8 Å². The highest BCUT2D eigenvalue weighted by molar-refractivity contribution is 7.89. The maximum absolute atomic E-state index is 12.2. The van der Waals surface area contributed by atoms with Crippen LogP contribution in [0.5, 0.6) is 0 Å². The Hall–Kier alpha value is -0.850. The lowest BCUT2D eigenvalue weighted by molar-refractivity contribution is 0.236. The van der Waals surface area contributed by atoms with Crippen molar-refractivity contribution in [2.24, 2.45) is 11.8 Å². The molecule has 1 fully saturated rings. The molecule has 0 saturated heterocycles. The minimum absolute atomic E-state index is 0.0300. The third-order valence-corrected chi connectivity index (χ3v) is 5.48. The second-order valence-electron chi connectivity index (χ2n) is 5.21. The van der Waals surface area contributed by atoms with Gasteiger partial charge >= 0.3 is 0 Å². The lowest BCUT2D eigenvalue weighted by Crippen LogP contribution is -2.37. The number of aliphatic hydroxyl groups is 1. The normalized spacial score (nSPS) is 27.8. The van der Waals surface area contributed by atoms with Crippen LogP contribution in [0.3, 0.4) is 0 Å². The third-order valence-electron chi connectivity index (χ3n) is 4.12. The van der Waals surface area contributed by atoms with Crippen molar-refractivity contribution in [2.45, 2.75) is 50.9 Å². The van der Waals surface area contributed by atoms with Crippen LogP contribution in [-0.2, 0) is 16.6 Å². The average molecular weight is 287 g/mol. The number of rotatable bonds is 5. The second-order valence-corrected chi connectivity index (χ2v) is 6.86. The van der Waals surface area contributed by atoms with Crippen molar-refractivity contribution >= 4 is 10.0 Å². The van der Waals surface area contributed by atoms with Gasteiger partial charge in [0.25, 0.3) is 10.0 Å². The zero-order valence-electron chi connectivity index (χ0n) is 11.3. The van der Waals surface area contributed by atoms with Crippen LogP contribution in [0.25, 0.3) is 0 Å². The molecule has 1 aliphatic carbocycles. The molecule has 1 aliphatic rings. The summed E-state index contributed by atoms with van der Waals surface area (Å²) in [4.78, 5) is 0. The quantitative estimate of drug-likeness (QED) is 0.866. The van der Waals surface area contributed by atoms with Gasteiger partial charge in [-0.3, -0.25) is 0 Å². The third kappa shape index (κ3) is 3.01. The zero-order valence-corrected chi connectivity index (χ0v) is 12.1. The zero-order chi connectivity index (χ0) is 14.0. The molecule has 0 radical (unpaired) electrons. The number of sulfonamides is 1. The molecule has 0 aromatic carbocycles. The van der Waals surface area contributed by atoms with Gasteiger partial charge < -0.3 is 9.52 Å². The highest BCUT2D eigenvalue weighted by Gasteiger charge is 2.35. The molecule has 1 heterocycles. The molecule has 0 amide bonds. The summed E-state index contributed by atoms with van der Waals surface area (Å²) in [6, 6.07) is 2.82. The summed E-state index contributed by atoms with van der Waals surface area (Å²) >= 11 is 0. The fraction of sp³-hybridized carbons (Fsp3) is 0.692. The molecule has 3 atom stereocenters. The lowest BCUT2D eigenvalue weighted by Gasteiger charge is -2.20. The van der Waals surface area contributed by atoms with E-state index in [1.807, 2.05) is 0 Å². The van der Waals surface area contributed by atoms with E-state index < -0.39 is 10.0 Å². The van der Waals surface area contributed by atoms with Gasteiger partial charge in [0.2, 0.25) is 5.09 Å². The predicted octanol–water partition coefficient (Wildman–Crippen LogP) is 1.87. The fourth-order valence-corrected chi connectivity index (χ4v) is 4.15. The number of aliphatic hydroxyl groups excluding tert-OH is 1. The molecule has 1 aromatic rings. The average Bonchev–Trinajstić information content (AvgIpc) is 2.98. The van der Waals surface area contributed by atoms with Crippen LogP contribution in [0.1, 0.15) is 38.9 Å². The first-order valence-corrected chi connectivity index (χ1v) is 8.18.